The van der Waals surface area contributed by atoms with Gasteiger partial charge in [0.15, 0.2) is 5.82 Å². The number of carboxylic acid groups (broad SMARTS) is 1. The van der Waals surface area contributed by atoms with E-state index in [0.717, 1.165) is 5.56 Å². The minimum atomic E-state index is -1.12. The summed E-state index contributed by atoms with van der Waals surface area (Å²) in [4.78, 5) is 14.9. The molecule has 6 nitrogen and oxygen atoms in total. The van der Waals surface area contributed by atoms with Gasteiger partial charge < -0.3 is 9.84 Å². The molecule has 1 aromatic heterocycles. The van der Waals surface area contributed by atoms with Crippen LogP contribution < -0.4 is 0 Å². The Morgan fingerprint density at radius 2 is 2.17 bits per heavy atom. The van der Waals surface area contributed by atoms with Gasteiger partial charge in [0.1, 0.15) is 6.10 Å². The number of hydrogen-bond acceptors (Lipinski definition) is 4. The molecule has 0 fully saturated rings. The lowest BCUT2D eigenvalue weighted by Gasteiger charge is -2.22. The van der Waals surface area contributed by atoms with Crippen LogP contribution in [0.15, 0.2) is 30.3 Å². The Morgan fingerprint density at radius 3 is 2.89 bits per heavy atom. The average molecular weight is 245 g/mol. The van der Waals surface area contributed by atoms with E-state index in [-0.39, 0.29) is 11.9 Å². The van der Waals surface area contributed by atoms with Crippen LogP contribution in [0.3, 0.4) is 0 Å². The molecular formula is C12H11N3O3. The van der Waals surface area contributed by atoms with Gasteiger partial charge in [0, 0.05) is 0 Å². The van der Waals surface area contributed by atoms with Gasteiger partial charge in [-0.25, -0.2) is 14.5 Å². The summed E-state index contributed by atoms with van der Waals surface area (Å²) in [6.07, 6.45) is -0.347. The van der Waals surface area contributed by atoms with Crippen molar-refractivity contribution in [2.45, 2.75) is 12.6 Å². The zero-order chi connectivity index (χ0) is 12.5. The first kappa shape index (κ1) is 10.9. The molecule has 1 aliphatic heterocycles. The predicted octanol–water partition coefficient (Wildman–Crippen LogP) is 1.10. The number of ether oxygens (including phenoxy) is 1. The molecule has 1 aliphatic rings. The molecule has 0 bridgehead atoms. The number of aromatic carboxylic acids is 1. The summed E-state index contributed by atoms with van der Waals surface area (Å²) in [5, 5.41) is 12.9. The van der Waals surface area contributed by atoms with E-state index in [1.807, 2.05) is 30.3 Å². The minimum Gasteiger partial charge on any atom is -0.475 e. The van der Waals surface area contributed by atoms with Crippen LogP contribution in [0, 0.1) is 0 Å². The fourth-order valence-electron chi connectivity index (χ4n) is 2.01. The van der Waals surface area contributed by atoms with Crippen molar-refractivity contribution >= 4 is 5.97 Å². The molecule has 1 aromatic carbocycles. The summed E-state index contributed by atoms with van der Waals surface area (Å²) in [6, 6.07) is 9.59. The predicted molar refractivity (Wildman–Crippen MR) is 61.2 cm³/mol. The Hall–Kier alpha value is -2.21. The number of benzene rings is 1. The van der Waals surface area contributed by atoms with E-state index >= 15 is 0 Å². The highest BCUT2D eigenvalue weighted by molar-refractivity contribution is 5.82. The zero-order valence-corrected chi connectivity index (χ0v) is 9.48. The Morgan fingerprint density at radius 1 is 1.39 bits per heavy atom. The van der Waals surface area contributed by atoms with Crippen molar-refractivity contribution in [1.29, 1.82) is 0 Å². The third kappa shape index (κ3) is 1.76. The standard InChI is InChI=1S/C12H11N3O3/c16-12(17)10-13-11-9(8-4-2-1-3-5-8)18-7-6-15(11)14-10/h1-5,9H,6-7H2,(H,16,17). The van der Waals surface area contributed by atoms with Crippen LogP contribution in [0.1, 0.15) is 28.1 Å². The highest BCUT2D eigenvalue weighted by Crippen LogP contribution is 2.27. The molecule has 6 heteroatoms. The molecule has 1 unspecified atom stereocenters. The zero-order valence-electron chi connectivity index (χ0n) is 9.48. The van der Waals surface area contributed by atoms with Gasteiger partial charge in [-0.3, -0.25) is 0 Å². The maximum atomic E-state index is 10.9. The average Bonchev–Trinajstić information content (AvgIpc) is 2.83. The molecular weight excluding hydrogens is 234 g/mol. The monoisotopic (exact) mass is 245 g/mol. The molecule has 1 atom stereocenters. The van der Waals surface area contributed by atoms with E-state index in [2.05, 4.69) is 10.1 Å². The Labute approximate surface area is 103 Å². The highest BCUT2D eigenvalue weighted by atomic mass is 16.5. The maximum Gasteiger partial charge on any atom is 0.375 e. The summed E-state index contributed by atoms with van der Waals surface area (Å²) in [5.74, 6) is -0.759. The summed E-state index contributed by atoms with van der Waals surface area (Å²) < 4.78 is 7.27. The van der Waals surface area contributed by atoms with Gasteiger partial charge in [-0.15, -0.1) is 5.10 Å². The first-order valence-corrected chi connectivity index (χ1v) is 5.60. The summed E-state index contributed by atoms with van der Waals surface area (Å²) in [7, 11) is 0. The van der Waals surface area contributed by atoms with Gasteiger partial charge in [-0.1, -0.05) is 30.3 Å². The summed E-state index contributed by atoms with van der Waals surface area (Å²) in [6.45, 7) is 1.02. The number of hydrogen-bond donors (Lipinski definition) is 1. The van der Waals surface area contributed by atoms with E-state index in [4.69, 9.17) is 9.84 Å². The van der Waals surface area contributed by atoms with E-state index in [1.165, 1.54) is 0 Å². The molecule has 0 spiro atoms. The third-order valence-corrected chi connectivity index (χ3v) is 2.82. The van der Waals surface area contributed by atoms with E-state index in [9.17, 15) is 4.79 Å². The van der Waals surface area contributed by atoms with Gasteiger partial charge in [-0.05, 0) is 5.56 Å². The minimum absolute atomic E-state index is 0.184. The molecule has 0 saturated carbocycles. The van der Waals surface area contributed by atoms with Gasteiger partial charge in [0.2, 0.25) is 0 Å². The van der Waals surface area contributed by atoms with Crippen LogP contribution in [0.2, 0.25) is 0 Å². The lowest BCUT2D eigenvalue weighted by Crippen LogP contribution is -2.23. The maximum absolute atomic E-state index is 10.9. The number of aromatic nitrogens is 3. The normalized spacial score (nSPS) is 18.3. The molecule has 0 amide bonds. The number of nitrogens with zero attached hydrogens (tertiary/aromatic N) is 3. The van der Waals surface area contributed by atoms with Gasteiger partial charge in [0.05, 0.1) is 13.2 Å². The molecule has 3 rings (SSSR count). The van der Waals surface area contributed by atoms with Crippen molar-refractivity contribution < 1.29 is 14.6 Å². The van der Waals surface area contributed by atoms with Crippen molar-refractivity contribution in [3.05, 3.63) is 47.5 Å². The van der Waals surface area contributed by atoms with Gasteiger partial charge in [0.25, 0.3) is 5.82 Å². The van der Waals surface area contributed by atoms with Gasteiger partial charge in [-0.2, -0.15) is 0 Å². The van der Waals surface area contributed by atoms with Crippen LogP contribution >= 0.6 is 0 Å². The van der Waals surface area contributed by atoms with Crippen molar-refractivity contribution in [2.24, 2.45) is 0 Å². The second-order valence-electron chi connectivity index (χ2n) is 3.98. The largest absolute Gasteiger partial charge is 0.475 e. The topological polar surface area (TPSA) is 77.2 Å². The summed E-state index contributed by atoms with van der Waals surface area (Å²) >= 11 is 0. The van der Waals surface area contributed by atoms with Crippen LogP contribution in [0.4, 0.5) is 0 Å². The second kappa shape index (κ2) is 4.23. The molecule has 0 radical (unpaired) electrons. The molecule has 1 N–H and O–H groups in total. The Bertz CT molecular complexity index is 580. The van der Waals surface area contributed by atoms with Gasteiger partial charge >= 0.3 is 5.97 Å². The fraction of sp³-hybridized carbons (Fsp3) is 0.250. The summed E-state index contributed by atoms with van der Waals surface area (Å²) in [5.41, 5.74) is 0.947. The molecule has 0 aliphatic carbocycles. The first-order chi connectivity index (χ1) is 8.75. The van der Waals surface area contributed by atoms with Crippen LogP contribution in [-0.2, 0) is 11.3 Å². The lowest BCUT2D eigenvalue weighted by molar-refractivity contribution is 0.0389. The first-order valence-electron chi connectivity index (χ1n) is 5.60. The van der Waals surface area contributed by atoms with Crippen LogP contribution in [-0.4, -0.2) is 32.4 Å². The number of rotatable bonds is 2. The van der Waals surface area contributed by atoms with Crippen molar-refractivity contribution in [2.75, 3.05) is 6.61 Å². The fourth-order valence-corrected chi connectivity index (χ4v) is 2.01. The van der Waals surface area contributed by atoms with Crippen LogP contribution in [0.25, 0.3) is 0 Å². The van der Waals surface area contributed by atoms with Crippen molar-refractivity contribution in [1.82, 2.24) is 14.8 Å². The molecule has 0 saturated heterocycles. The Kier molecular flexibility index (Phi) is 2.56. The van der Waals surface area contributed by atoms with Crippen molar-refractivity contribution in [3.63, 3.8) is 0 Å². The second-order valence-corrected chi connectivity index (χ2v) is 3.98. The highest BCUT2D eigenvalue weighted by Gasteiger charge is 2.27. The molecule has 92 valence electrons. The molecule has 18 heavy (non-hydrogen) atoms. The van der Waals surface area contributed by atoms with E-state index in [0.29, 0.717) is 19.0 Å². The quantitative estimate of drug-likeness (QED) is 0.857. The smallest absolute Gasteiger partial charge is 0.375 e. The number of carboxylic acids is 1. The molecule has 2 aromatic rings. The molecule has 2 heterocycles. The third-order valence-electron chi connectivity index (χ3n) is 2.82. The Balaban J connectivity index is 2.04. The number of carbonyl (C=O) groups is 1. The van der Waals surface area contributed by atoms with Crippen LogP contribution in [0.5, 0.6) is 0 Å². The van der Waals surface area contributed by atoms with E-state index in [1.54, 1.807) is 4.68 Å². The van der Waals surface area contributed by atoms with E-state index < -0.39 is 5.97 Å². The number of fused-ring (bicyclic) bond motifs is 1. The SMILES string of the molecule is O=C(O)c1nc2n(n1)CCOC2c1ccccc1. The lowest BCUT2D eigenvalue weighted by atomic mass is 10.1. The van der Waals surface area contributed by atoms with Crippen molar-refractivity contribution in [3.8, 4) is 0 Å².